The van der Waals surface area contributed by atoms with Gasteiger partial charge in [0.15, 0.2) is 0 Å². The van der Waals surface area contributed by atoms with E-state index in [4.69, 9.17) is 4.98 Å². The summed E-state index contributed by atoms with van der Waals surface area (Å²) >= 11 is 0. The Hall–Kier alpha value is -2.36. The second kappa shape index (κ2) is 7.26. The van der Waals surface area contributed by atoms with Crippen molar-refractivity contribution in [2.24, 2.45) is 0 Å². The third kappa shape index (κ3) is 4.01. The van der Waals surface area contributed by atoms with Crippen molar-refractivity contribution < 1.29 is 0 Å². The molecule has 0 saturated carbocycles. The number of nitrogens with one attached hydrogen (secondary N) is 1. The minimum absolute atomic E-state index is 0.0117. The third-order valence-electron chi connectivity index (χ3n) is 4.60. The first-order chi connectivity index (χ1) is 12.0. The van der Waals surface area contributed by atoms with Crippen LogP contribution in [0, 0.1) is 6.92 Å². The molecule has 132 valence electrons. The number of anilines is 1. The van der Waals surface area contributed by atoms with Crippen molar-refractivity contribution in [3.8, 4) is 11.3 Å². The van der Waals surface area contributed by atoms with Crippen molar-refractivity contribution in [2.45, 2.75) is 58.9 Å². The molecule has 25 heavy (non-hydrogen) atoms. The first-order valence-corrected chi connectivity index (χ1v) is 9.17. The lowest BCUT2D eigenvalue weighted by Gasteiger charge is -2.28. The average Bonchev–Trinajstić information content (AvgIpc) is 2.92. The normalized spacial score (nSPS) is 11.8. The summed E-state index contributed by atoms with van der Waals surface area (Å²) < 4.78 is 2.16. The van der Waals surface area contributed by atoms with Crippen LogP contribution in [0.1, 0.15) is 52.0 Å². The lowest BCUT2D eigenvalue weighted by Crippen LogP contribution is -2.31. The number of hydrogen-bond acceptors (Lipinski definition) is 3. The monoisotopic (exact) mass is 336 g/mol. The molecule has 0 aliphatic heterocycles. The van der Waals surface area contributed by atoms with E-state index < -0.39 is 0 Å². The highest BCUT2D eigenvalue weighted by molar-refractivity contribution is 5.76. The first kappa shape index (κ1) is 17.5. The fraction of sp³-hybridized carbons (Fsp3) is 0.429. The number of unbranched alkanes of at least 4 members (excludes halogenated alkanes) is 2. The molecule has 0 amide bonds. The highest BCUT2D eigenvalue weighted by atomic mass is 15.2. The standard InChI is InChI=1S/C21H28N4/c1-5-6-7-11-21(3,4)24-20-19(17-8-12-22-13-9-17)23-18-15-16(2)10-14-25(18)20/h8-10,12-15,24H,5-7,11H2,1-4H3. The fourth-order valence-corrected chi connectivity index (χ4v) is 3.18. The summed E-state index contributed by atoms with van der Waals surface area (Å²) in [5, 5.41) is 3.77. The van der Waals surface area contributed by atoms with Gasteiger partial charge in [-0.3, -0.25) is 9.38 Å². The number of aryl methyl sites for hydroxylation is 1. The summed E-state index contributed by atoms with van der Waals surface area (Å²) in [4.78, 5) is 9.04. The van der Waals surface area contributed by atoms with Gasteiger partial charge in [-0.25, -0.2) is 4.98 Å². The van der Waals surface area contributed by atoms with Crippen molar-refractivity contribution in [1.82, 2.24) is 14.4 Å². The number of hydrogen-bond donors (Lipinski definition) is 1. The molecule has 0 aromatic carbocycles. The Morgan fingerprint density at radius 3 is 2.60 bits per heavy atom. The van der Waals surface area contributed by atoms with Crippen LogP contribution in [0.4, 0.5) is 5.82 Å². The number of nitrogens with zero attached hydrogens (tertiary/aromatic N) is 3. The number of rotatable bonds is 7. The Morgan fingerprint density at radius 1 is 1.12 bits per heavy atom. The number of imidazole rings is 1. The Labute approximate surface area is 150 Å². The van der Waals surface area contributed by atoms with Gasteiger partial charge in [-0.05, 0) is 57.0 Å². The largest absolute Gasteiger partial charge is 0.364 e. The maximum absolute atomic E-state index is 4.90. The summed E-state index contributed by atoms with van der Waals surface area (Å²) in [7, 11) is 0. The molecule has 0 aliphatic rings. The summed E-state index contributed by atoms with van der Waals surface area (Å²) in [5.74, 6) is 1.06. The molecule has 3 aromatic rings. The van der Waals surface area contributed by atoms with Crippen LogP contribution in [-0.4, -0.2) is 19.9 Å². The zero-order valence-corrected chi connectivity index (χ0v) is 15.7. The third-order valence-corrected chi connectivity index (χ3v) is 4.60. The minimum atomic E-state index is 0.0117. The Morgan fingerprint density at radius 2 is 1.88 bits per heavy atom. The van der Waals surface area contributed by atoms with E-state index >= 15 is 0 Å². The zero-order chi connectivity index (χ0) is 17.9. The molecule has 0 saturated heterocycles. The Balaban J connectivity index is 2.02. The second-order valence-electron chi connectivity index (χ2n) is 7.44. The van der Waals surface area contributed by atoms with Crippen LogP contribution in [-0.2, 0) is 0 Å². The van der Waals surface area contributed by atoms with Crippen molar-refractivity contribution in [2.75, 3.05) is 5.32 Å². The van der Waals surface area contributed by atoms with Gasteiger partial charge in [-0.15, -0.1) is 0 Å². The van der Waals surface area contributed by atoms with Crippen LogP contribution in [0.15, 0.2) is 42.9 Å². The Bertz CT molecular complexity index is 834. The van der Waals surface area contributed by atoms with Crippen LogP contribution in [0.25, 0.3) is 16.9 Å². The second-order valence-corrected chi connectivity index (χ2v) is 7.44. The van der Waals surface area contributed by atoms with E-state index in [0.717, 1.165) is 29.1 Å². The van der Waals surface area contributed by atoms with Gasteiger partial charge in [0.25, 0.3) is 0 Å². The summed E-state index contributed by atoms with van der Waals surface area (Å²) in [6, 6.07) is 8.29. The maximum Gasteiger partial charge on any atom is 0.139 e. The smallest absolute Gasteiger partial charge is 0.139 e. The molecule has 3 heterocycles. The van der Waals surface area contributed by atoms with Gasteiger partial charge < -0.3 is 5.32 Å². The summed E-state index contributed by atoms with van der Waals surface area (Å²) in [6.45, 7) is 8.89. The number of fused-ring (bicyclic) bond motifs is 1. The maximum atomic E-state index is 4.90. The SMILES string of the molecule is CCCCCC(C)(C)Nc1c(-c2ccncc2)nc2cc(C)ccn12. The molecule has 3 rings (SSSR count). The van der Waals surface area contributed by atoms with Crippen LogP contribution in [0.5, 0.6) is 0 Å². The molecule has 0 aliphatic carbocycles. The topological polar surface area (TPSA) is 42.2 Å². The predicted molar refractivity (Wildman–Crippen MR) is 105 cm³/mol. The molecule has 4 heteroatoms. The molecular weight excluding hydrogens is 308 g/mol. The first-order valence-electron chi connectivity index (χ1n) is 9.17. The minimum Gasteiger partial charge on any atom is -0.364 e. The lowest BCUT2D eigenvalue weighted by atomic mass is 9.96. The fourth-order valence-electron chi connectivity index (χ4n) is 3.18. The van der Waals surface area contributed by atoms with E-state index in [2.05, 4.69) is 60.7 Å². The zero-order valence-electron chi connectivity index (χ0n) is 15.7. The van der Waals surface area contributed by atoms with E-state index in [-0.39, 0.29) is 5.54 Å². The molecule has 0 spiro atoms. The van der Waals surface area contributed by atoms with Crippen molar-refractivity contribution >= 4 is 11.5 Å². The predicted octanol–water partition coefficient (Wildman–Crippen LogP) is 5.48. The van der Waals surface area contributed by atoms with E-state index in [1.807, 2.05) is 24.5 Å². The molecule has 0 fully saturated rings. The lowest BCUT2D eigenvalue weighted by molar-refractivity contribution is 0.482. The molecule has 0 bridgehead atoms. The van der Waals surface area contributed by atoms with E-state index in [9.17, 15) is 0 Å². The van der Waals surface area contributed by atoms with Gasteiger partial charge >= 0.3 is 0 Å². The van der Waals surface area contributed by atoms with Gasteiger partial charge in [0, 0.05) is 29.7 Å². The summed E-state index contributed by atoms with van der Waals surface area (Å²) in [6.07, 6.45) is 10.6. The van der Waals surface area contributed by atoms with E-state index in [1.54, 1.807) is 0 Å². The quantitative estimate of drug-likeness (QED) is 0.581. The van der Waals surface area contributed by atoms with Gasteiger partial charge in [0.1, 0.15) is 17.2 Å². The van der Waals surface area contributed by atoms with Crippen molar-refractivity contribution in [1.29, 1.82) is 0 Å². The van der Waals surface area contributed by atoms with Crippen LogP contribution < -0.4 is 5.32 Å². The van der Waals surface area contributed by atoms with Gasteiger partial charge in [0.05, 0.1) is 0 Å². The van der Waals surface area contributed by atoms with Crippen LogP contribution >= 0.6 is 0 Å². The van der Waals surface area contributed by atoms with Crippen molar-refractivity contribution in [3.63, 3.8) is 0 Å². The van der Waals surface area contributed by atoms with Gasteiger partial charge in [-0.1, -0.05) is 26.2 Å². The highest BCUT2D eigenvalue weighted by Gasteiger charge is 2.22. The molecule has 4 nitrogen and oxygen atoms in total. The molecule has 0 radical (unpaired) electrons. The molecule has 3 aromatic heterocycles. The van der Waals surface area contributed by atoms with Crippen molar-refractivity contribution in [3.05, 3.63) is 48.4 Å². The molecule has 0 unspecified atom stereocenters. The summed E-state index contributed by atoms with van der Waals surface area (Å²) in [5.41, 5.74) is 4.27. The van der Waals surface area contributed by atoms with E-state index in [1.165, 1.54) is 24.8 Å². The highest BCUT2D eigenvalue weighted by Crippen LogP contribution is 2.32. The van der Waals surface area contributed by atoms with Gasteiger partial charge in [0.2, 0.25) is 0 Å². The molecule has 0 atom stereocenters. The number of pyridine rings is 2. The van der Waals surface area contributed by atoms with Crippen LogP contribution in [0.2, 0.25) is 0 Å². The van der Waals surface area contributed by atoms with E-state index in [0.29, 0.717) is 0 Å². The van der Waals surface area contributed by atoms with Crippen LogP contribution in [0.3, 0.4) is 0 Å². The van der Waals surface area contributed by atoms with Gasteiger partial charge in [-0.2, -0.15) is 0 Å². The molecular formula is C21H28N4. The number of aromatic nitrogens is 3. The average molecular weight is 336 g/mol. The molecule has 1 N–H and O–H groups in total. The Kier molecular flexibility index (Phi) is 5.07.